The van der Waals surface area contributed by atoms with Gasteiger partial charge >= 0.3 is 0 Å². The van der Waals surface area contributed by atoms with Crippen molar-refractivity contribution in [3.63, 3.8) is 0 Å². The number of likely N-dealkylation sites (N-methyl/N-ethyl adjacent to an activating group) is 1. The molecule has 2 unspecified atom stereocenters. The average molecular weight is 226 g/mol. The monoisotopic (exact) mass is 225 g/mol. The molecule has 2 atom stereocenters. The van der Waals surface area contributed by atoms with Gasteiger partial charge in [-0.2, -0.15) is 0 Å². The van der Waals surface area contributed by atoms with E-state index in [-0.39, 0.29) is 12.1 Å². The quantitative estimate of drug-likeness (QED) is 0.835. The molecule has 15 heavy (non-hydrogen) atoms. The van der Waals surface area contributed by atoms with Crippen molar-refractivity contribution in [1.82, 2.24) is 5.32 Å². The van der Waals surface area contributed by atoms with Crippen molar-refractivity contribution in [1.29, 1.82) is 0 Å². The molecule has 0 bridgehead atoms. The summed E-state index contributed by atoms with van der Waals surface area (Å²) in [5, 5.41) is 4.15. The first-order chi connectivity index (χ1) is 7.15. The number of nitrogens with one attached hydrogen (secondary N) is 1. The topological polar surface area (TPSA) is 21.3 Å². The summed E-state index contributed by atoms with van der Waals surface area (Å²) in [5.41, 5.74) is 2.46. The molecule has 2 rings (SSSR count). The van der Waals surface area contributed by atoms with E-state index in [0.717, 1.165) is 12.3 Å². The minimum Gasteiger partial charge on any atom is -0.487 e. The van der Waals surface area contributed by atoms with Gasteiger partial charge in [0.2, 0.25) is 0 Å². The number of ether oxygens (including phenoxy) is 1. The van der Waals surface area contributed by atoms with Crippen LogP contribution >= 0.6 is 11.6 Å². The van der Waals surface area contributed by atoms with Crippen LogP contribution in [-0.4, -0.2) is 12.6 Å². The molecule has 0 saturated heterocycles. The summed E-state index contributed by atoms with van der Waals surface area (Å²) >= 11 is 6.12. The van der Waals surface area contributed by atoms with Gasteiger partial charge in [0.25, 0.3) is 0 Å². The van der Waals surface area contributed by atoms with Crippen LogP contribution in [0.2, 0.25) is 5.02 Å². The largest absolute Gasteiger partial charge is 0.487 e. The van der Waals surface area contributed by atoms with E-state index in [1.807, 2.05) is 12.1 Å². The highest BCUT2D eigenvalue weighted by atomic mass is 35.5. The Morgan fingerprint density at radius 1 is 1.47 bits per heavy atom. The normalized spacial score (nSPS) is 23.7. The molecule has 1 aromatic rings. The van der Waals surface area contributed by atoms with Crippen LogP contribution in [0.3, 0.4) is 0 Å². The molecule has 2 nitrogen and oxygen atoms in total. The van der Waals surface area contributed by atoms with Gasteiger partial charge in [-0.25, -0.2) is 0 Å². The molecule has 3 heteroatoms. The van der Waals surface area contributed by atoms with Crippen molar-refractivity contribution in [2.75, 3.05) is 6.54 Å². The Hall–Kier alpha value is -0.730. The van der Waals surface area contributed by atoms with Crippen LogP contribution in [-0.2, 0) is 0 Å². The van der Waals surface area contributed by atoms with E-state index in [1.54, 1.807) is 0 Å². The summed E-state index contributed by atoms with van der Waals surface area (Å²) in [5.74, 6) is 0.857. The fraction of sp³-hybridized carbons (Fsp3) is 0.500. The zero-order valence-corrected chi connectivity index (χ0v) is 10.1. The maximum atomic E-state index is 6.12. The smallest absolute Gasteiger partial charge is 0.143 e. The molecule has 1 aliphatic heterocycles. The van der Waals surface area contributed by atoms with E-state index in [2.05, 4.69) is 26.1 Å². The van der Waals surface area contributed by atoms with Gasteiger partial charge in [-0.3, -0.25) is 0 Å². The Kier molecular flexibility index (Phi) is 2.89. The van der Waals surface area contributed by atoms with Crippen LogP contribution in [0.15, 0.2) is 12.1 Å². The van der Waals surface area contributed by atoms with Gasteiger partial charge in [-0.05, 0) is 32.0 Å². The highest BCUT2D eigenvalue weighted by Crippen LogP contribution is 2.43. The van der Waals surface area contributed by atoms with Crippen molar-refractivity contribution >= 4 is 11.6 Å². The standard InChI is InChI=1S/C12H16ClNO/c1-4-14-11-8(3)15-12-9(13)6-5-7(2)10(11)12/h5-6,8,11,14H,4H2,1-3H3. The fourth-order valence-corrected chi connectivity index (χ4v) is 2.36. The molecule has 1 aromatic carbocycles. The Bertz CT molecular complexity index is 378. The summed E-state index contributed by atoms with van der Waals surface area (Å²) in [4.78, 5) is 0. The number of benzene rings is 1. The second-order valence-electron chi connectivity index (χ2n) is 3.97. The average Bonchev–Trinajstić information content (AvgIpc) is 2.53. The maximum absolute atomic E-state index is 6.12. The van der Waals surface area contributed by atoms with E-state index >= 15 is 0 Å². The Balaban J connectivity index is 2.47. The summed E-state index contributed by atoms with van der Waals surface area (Å²) in [7, 11) is 0. The van der Waals surface area contributed by atoms with Crippen molar-refractivity contribution in [3.05, 3.63) is 28.3 Å². The van der Waals surface area contributed by atoms with Crippen LogP contribution in [0.25, 0.3) is 0 Å². The number of halogens is 1. The van der Waals surface area contributed by atoms with Crippen LogP contribution in [0.1, 0.15) is 31.0 Å². The molecule has 0 saturated carbocycles. The van der Waals surface area contributed by atoms with Gasteiger partial charge in [-0.15, -0.1) is 0 Å². The number of aryl methyl sites for hydroxylation is 1. The minimum absolute atomic E-state index is 0.151. The lowest BCUT2D eigenvalue weighted by Gasteiger charge is -2.16. The summed E-state index contributed by atoms with van der Waals surface area (Å²) in [6, 6.07) is 4.22. The lowest BCUT2D eigenvalue weighted by molar-refractivity contribution is 0.211. The molecule has 1 heterocycles. The van der Waals surface area contributed by atoms with Gasteiger partial charge in [0.15, 0.2) is 0 Å². The van der Waals surface area contributed by atoms with E-state index in [1.165, 1.54) is 11.1 Å². The van der Waals surface area contributed by atoms with Crippen molar-refractivity contribution in [3.8, 4) is 5.75 Å². The van der Waals surface area contributed by atoms with Gasteiger partial charge in [0.1, 0.15) is 11.9 Å². The molecule has 1 N–H and O–H groups in total. The first-order valence-electron chi connectivity index (χ1n) is 5.34. The fourth-order valence-electron chi connectivity index (χ4n) is 2.15. The van der Waals surface area contributed by atoms with Crippen LogP contribution < -0.4 is 10.1 Å². The second kappa shape index (κ2) is 4.03. The van der Waals surface area contributed by atoms with Crippen LogP contribution in [0, 0.1) is 6.92 Å². The molecule has 0 radical (unpaired) electrons. The van der Waals surface area contributed by atoms with Crippen LogP contribution in [0.4, 0.5) is 0 Å². The molecule has 0 fully saturated rings. The first-order valence-corrected chi connectivity index (χ1v) is 5.72. The minimum atomic E-state index is 0.151. The summed E-state index contributed by atoms with van der Waals surface area (Å²) < 4.78 is 5.79. The third kappa shape index (κ3) is 1.72. The molecule has 82 valence electrons. The van der Waals surface area contributed by atoms with E-state index in [0.29, 0.717) is 5.02 Å². The number of hydrogen-bond donors (Lipinski definition) is 1. The molecule has 0 amide bonds. The lowest BCUT2D eigenvalue weighted by atomic mass is 9.99. The third-order valence-corrected chi connectivity index (χ3v) is 3.17. The van der Waals surface area contributed by atoms with Gasteiger partial charge < -0.3 is 10.1 Å². The summed E-state index contributed by atoms with van der Waals surface area (Å²) in [6.07, 6.45) is 0.151. The third-order valence-electron chi connectivity index (χ3n) is 2.87. The van der Waals surface area contributed by atoms with Gasteiger partial charge in [0, 0.05) is 5.56 Å². The predicted octanol–water partition coefficient (Wildman–Crippen LogP) is 3.08. The predicted molar refractivity (Wildman–Crippen MR) is 62.7 cm³/mol. The Morgan fingerprint density at radius 2 is 2.20 bits per heavy atom. The summed E-state index contributed by atoms with van der Waals surface area (Å²) in [6.45, 7) is 7.21. The first kappa shape index (κ1) is 10.8. The van der Waals surface area contributed by atoms with Gasteiger partial charge in [0.05, 0.1) is 11.1 Å². The van der Waals surface area contributed by atoms with E-state index in [9.17, 15) is 0 Å². The van der Waals surface area contributed by atoms with Crippen molar-refractivity contribution in [2.45, 2.75) is 32.9 Å². The van der Waals surface area contributed by atoms with E-state index in [4.69, 9.17) is 16.3 Å². The van der Waals surface area contributed by atoms with Gasteiger partial charge in [-0.1, -0.05) is 24.6 Å². The lowest BCUT2D eigenvalue weighted by Crippen LogP contribution is -2.28. The molecule has 0 aliphatic carbocycles. The molecular weight excluding hydrogens is 210 g/mol. The van der Waals surface area contributed by atoms with Crippen LogP contribution in [0.5, 0.6) is 5.75 Å². The number of hydrogen-bond acceptors (Lipinski definition) is 2. The number of rotatable bonds is 2. The SMILES string of the molecule is CCNC1c2c(C)ccc(Cl)c2OC1C. The molecule has 0 spiro atoms. The molecule has 1 aliphatic rings. The second-order valence-corrected chi connectivity index (χ2v) is 4.37. The van der Waals surface area contributed by atoms with Crippen molar-refractivity contribution in [2.24, 2.45) is 0 Å². The Morgan fingerprint density at radius 3 is 2.87 bits per heavy atom. The van der Waals surface area contributed by atoms with E-state index < -0.39 is 0 Å². The van der Waals surface area contributed by atoms with Crippen molar-refractivity contribution < 1.29 is 4.74 Å². The zero-order valence-electron chi connectivity index (χ0n) is 9.30. The Labute approximate surface area is 95.6 Å². The maximum Gasteiger partial charge on any atom is 0.143 e. The molecular formula is C12H16ClNO. The zero-order chi connectivity index (χ0) is 11.0. The molecule has 0 aromatic heterocycles. The number of fused-ring (bicyclic) bond motifs is 1. The highest BCUT2D eigenvalue weighted by Gasteiger charge is 2.33. The highest BCUT2D eigenvalue weighted by molar-refractivity contribution is 6.32.